The van der Waals surface area contributed by atoms with Crippen LogP contribution in [-0.2, 0) is 9.63 Å². The Balaban J connectivity index is 3.07. The van der Waals surface area contributed by atoms with Crippen molar-refractivity contribution < 1.29 is 9.63 Å². The summed E-state index contributed by atoms with van der Waals surface area (Å²) >= 11 is 0. The predicted octanol–water partition coefficient (Wildman–Crippen LogP) is 5.88. The van der Waals surface area contributed by atoms with E-state index in [1.165, 1.54) is 90.4 Å². The molecule has 22 heavy (non-hydrogen) atoms. The summed E-state index contributed by atoms with van der Waals surface area (Å²) in [5.74, 6) is -0.229. The summed E-state index contributed by atoms with van der Waals surface area (Å²) < 4.78 is 0. The summed E-state index contributed by atoms with van der Waals surface area (Å²) in [6.07, 6.45) is 19.2. The van der Waals surface area contributed by atoms with E-state index in [1.54, 1.807) is 5.06 Å². The zero-order valence-electron chi connectivity index (χ0n) is 15.4. The van der Waals surface area contributed by atoms with Crippen LogP contribution in [0.5, 0.6) is 0 Å². The summed E-state index contributed by atoms with van der Waals surface area (Å²) in [4.78, 5) is 15.7. The largest absolute Gasteiger partial charge is 0.369 e. The topological polar surface area (TPSA) is 29.5 Å². The third kappa shape index (κ3) is 17.5. The number of nitrogens with zero attached hydrogens (tertiary/aromatic N) is 1. The van der Waals surface area contributed by atoms with Gasteiger partial charge in [0.15, 0.2) is 0 Å². The number of hydrogen-bond acceptors (Lipinski definition) is 3. The minimum Gasteiger partial charge on any atom is -0.369 e. The molecule has 0 heterocycles. The van der Waals surface area contributed by atoms with Crippen molar-refractivity contribution in [2.75, 3.05) is 13.6 Å². The Morgan fingerprint density at radius 3 is 1.45 bits per heavy atom. The first-order valence-corrected chi connectivity index (χ1v) is 9.56. The van der Waals surface area contributed by atoms with Crippen molar-refractivity contribution >= 4 is 5.97 Å². The van der Waals surface area contributed by atoms with Gasteiger partial charge in [0.2, 0.25) is 0 Å². The molecule has 132 valence electrons. The average molecular weight is 314 g/mol. The minimum atomic E-state index is -0.229. The number of hydrogen-bond donors (Lipinski definition) is 0. The van der Waals surface area contributed by atoms with Crippen molar-refractivity contribution in [2.24, 2.45) is 0 Å². The molecule has 0 N–H and O–H groups in total. The van der Waals surface area contributed by atoms with Crippen molar-refractivity contribution in [3.05, 3.63) is 0 Å². The van der Waals surface area contributed by atoms with E-state index in [-0.39, 0.29) is 5.97 Å². The van der Waals surface area contributed by atoms with Gasteiger partial charge in [0.1, 0.15) is 0 Å². The lowest BCUT2D eigenvalue weighted by Gasteiger charge is -2.14. The summed E-state index contributed by atoms with van der Waals surface area (Å²) in [6, 6.07) is 0. The number of rotatable bonds is 16. The quantitative estimate of drug-likeness (QED) is 0.263. The van der Waals surface area contributed by atoms with Gasteiger partial charge < -0.3 is 4.84 Å². The first kappa shape index (κ1) is 21.4. The van der Waals surface area contributed by atoms with Crippen molar-refractivity contribution in [1.29, 1.82) is 0 Å². The van der Waals surface area contributed by atoms with E-state index in [0.717, 1.165) is 13.0 Å². The van der Waals surface area contributed by atoms with Crippen LogP contribution in [0.4, 0.5) is 0 Å². The maximum absolute atomic E-state index is 10.7. The first-order chi connectivity index (χ1) is 10.7. The Morgan fingerprint density at radius 1 is 0.727 bits per heavy atom. The Bertz CT molecular complexity index is 244. The molecular weight excluding hydrogens is 274 g/mol. The standard InChI is InChI=1S/C19H39NO2/c1-4-5-6-7-8-9-10-11-12-13-14-15-16-17-18-20(3)22-19(2)21/h4-18H2,1-3H3. The Kier molecular flexibility index (Phi) is 16.4. The van der Waals surface area contributed by atoms with Gasteiger partial charge in [0.05, 0.1) is 0 Å². The molecule has 0 saturated carbocycles. The van der Waals surface area contributed by atoms with Crippen LogP contribution in [0.25, 0.3) is 0 Å². The third-order valence-electron chi connectivity index (χ3n) is 4.11. The van der Waals surface area contributed by atoms with Gasteiger partial charge >= 0.3 is 5.97 Å². The van der Waals surface area contributed by atoms with Crippen molar-refractivity contribution in [2.45, 2.75) is 104 Å². The molecule has 0 aromatic carbocycles. The fourth-order valence-corrected chi connectivity index (χ4v) is 2.79. The number of carbonyl (C=O) groups is 1. The molecule has 0 saturated heterocycles. The molecule has 0 atom stereocenters. The molecule has 0 radical (unpaired) electrons. The highest BCUT2D eigenvalue weighted by Gasteiger charge is 2.01. The second kappa shape index (κ2) is 16.8. The molecule has 0 fully saturated rings. The van der Waals surface area contributed by atoms with Crippen LogP contribution >= 0.6 is 0 Å². The SMILES string of the molecule is CCCCCCCCCCCCCCCCN(C)OC(C)=O. The fraction of sp³-hybridized carbons (Fsp3) is 0.947. The molecule has 0 bridgehead atoms. The zero-order valence-corrected chi connectivity index (χ0v) is 15.4. The second-order valence-electron chi connectivity index (χ2n) is 6.53. The second-order valence-corrected chi connectivity index (χ2v) is 6.53. The number of carbonyl (C=O) groups excluding carboxylic acids is 1. The van der Waals surface area contributed by atoms with Gasteiger partial charge in [-0.3, -0.25) is 4.79 Å². The Morgan fingerprint density at radius 2 is 1.09 bits per heavy atom. The third-order valence-corrected chi connectivity index (χ3v) is 4.11. The zero-order chi connectivity index (χ0) is 16.5. The molecule has 0 unspecified atom stereocenters. The smallest absolute Gasteiger partial charge is 0.322 e. The average Bonchev–Trinajstić information content (AvgIpc) is 2.47. The minimum absolute atomic E-state index is 0.229. The lowest BCUT2D eigenvalue weighted by atomic mass is 10.0. The van der Waals surface area contributed by atoms with E-state index in [2.05, 4.69) is 6.92 Å². The van der Waals surface area contributed by atoms with E-state index >= 15 is 0 Å². The Labute approximate surface area is 138 Å². The van der Waals surface area contributed by atoms with Gasteiger partial charge in [-0.2, -0.15) is 0 Å². The molecule has 3 heteroatoms. The van der Waals surface area contributed by atoms with E-state index < -0.39 is 0 Å². The van der Waals surface area contributed by atoms with Crippen LogP contribution in [0.3, 0.4) is 0 Å². The van der Waals surface area contributed by atoms with Gasteiger partial charge in [0, 0.05) is 20.5 Å². The lowest BCUT2D eigenvalue weighted by Crippen LogP contribution is -2.22. The van der Waals surface area contributed by atoms with Crippen LogP contribution < -0.4 is 0 Å². The maximum Gasteiger partial charge on any atom is 0.322 e. The van der Waals surface area contributed by atoms with Gasteiger partial charge in [-0.05, 0) is 6.42 Å². The molecule has 0 aromatic rings. The monoisotopic (exact) mass is 313 g/mol. The predicted molar refractivity (Wildman–Crippen MR) is 94.7 cm³/mol. The first-order valence-electron chi connectivity index (χ1n) is 9.56. The van der Waals surface area contributed by atoms with E-state index in [4.69, 9.17) is 4.84 Å². The molecule has 0 aromatic heterocycles. The number of unbranched alkanes of at least 4 members (excludes halogenated alkanes) is 13. The fourth-order valence-electron chi connectivity index (χ4n) is 2.79. The molecule has 0 amide bonds. The molecule has 0 aliphatic carbocycles. The van der Waals surface area contributed by atoms with Crippen LogP contribution in [0.15, 0.2) is 0 Å². The molecule has 0 aliphatic rings. The van der Waals surface area contributed by atoms with Crippen LogP contribution in [0, 0.1) is 0 Å². The Hall–Kier alpha value is -0.570. The lowest BCUT2D eigenvalue weighted by molar-refractivity contribution is -0.181. The highest BCUT2D eigenvalue weighted by molar-refractivity contribution is 5.65. The van der Waals surface area contributed by atoms with Crippen molar-refractivity contribution in [3.63, 3.8) is 0 Å². The van der Waals surface area contributed by atoms with Gasteiger partial charge in [0.25, 0.3) is 0 Å². The molecule has 0 aliphatic heterocycles. The molecular formula is C19H39NO2. The van der Waals surface area contributed by atoms with Crippen molar-refractivity contribution in [1.82, 2.24) is 5.06 Å². The van der Waals surface area contributed by atoms with E-state index in [0.29, 0.717) is 0 Å². The van der Waals surface area contributed by atoms with E-state index in [9.17, 15) is 4.79 Å². The van der Waals surface area contributed by atoms with Gasteiger partial charge in [-0.15, -0.1) is 5.06 Å². The number of hydroxylamine groups is 2. The highest BCUT2D eigenvalue weighted by Crippen LogP contribution is 2.13. The normalized spacial score (nSPS) is 11.1. The van der Waals surface area contributed by atoms with Crippen LogP contribution in [0.2, 0.25) is 0 Å². The molecule has 3 nitrogen and oxygen atoms in total. The highest BCUT2D eigenvalue weighted by atomic mass is 16.7. The molecule has 0 spiro atoms. The van der Waals surface area contributed by atoms with Crippen LogP contribution in [-0.4, -0.2) is 24.6 Å². The summed E-state index contributed by atoms with van der Waals surface area (Å²) in [7, 11) is 1.82. The van der Waals surface area contributed by atoms with Gasteiger partial charge in [-0.25, -0.2) is 0 Å². The maximum atomic E-state index is 10.7. The summed E-state index contributed by atoms with van der Waals surface area (Å²) in [5, 5.41) is 1.64. The van der Waals surface area contributed by atoms with E-state index in [1.807, 2.05) is 7.05 Å². The van der Waals surface area contributed by atoms with Gasteiger partial charge in [-0.1, -0.05) is 90.4 Å². The summed E-state index contributed by atoms with van der Waals surface area (Å²) in [5.41, 5.74) is 0. The summed E-state index contributed by atoms with van der Waals surface area (Å²) in [6.45, 7) is 4.57. The molecule has 0 rings (SSSR count). The van der Waals surface area contributed by atoms with Crippen molar-refractivity contribution in [3.8, 4) is 0 Å². The van der Waals surface area contributed by atoms with Crippen LogP contribution in [0.1, 0.15) is 104 Å².